The molecule has 0 unspecified atom stereocenters. The van der Waals surface area contributed by atoms with E-state index in [0.29, 0.717) is 43.3 Å². The summed E-state index contributed by atoms with van der Waals surface area (Å²) in [6, 6.07) is 13.9. The molecular weight excluding hydrogens is 490 g/mol. The van der Waals surface area contributed by atoms with Gasteiger partial charge in [-0.2, -0.15) is 0 Å². The molecule has 1 saturated heterocycles. The van der Waals surface area contributed by atoms with Crippen LogP contribution in [0.25, 0.3) is 5.57 Å². The smallest absolute Gasteiger partial charge is 0.267 e. The average Bonchev–Trinajstić information content (AvgIpc) is 3.25. The molecule has 2 aliphatic rings. The number of anilines is 2. The van der Waals surface area contributed by atoms with Crippen molar-refractivity contribution in [3.63, 3.8) is 0 Å². The third-order valence-electron chi connectivity index (χ3n) is 5.66. The Labute approximate surface area is 213 Å². The standard InChI is InChI=1S/C25H24ClN3O3S2/c1-2-3-4-7-14-28-24(32)22(34-25(28)33)21-18-8-5-6-9-19(18)29(23(21)31)15-20(30)27-17-12-10-16(26)11-13-17/h5-6,8-13H,2-4,7,14-15H2,1H3,(H,27,30). The van der Waals surface area contributed by atoms with Gasteiger partial charge in [-0.15, -0.1) is 0 Å². The van der Waals surface area contributed by atoms with Crippen molar-refractivity contribution in [2.75, 3.05) is 23.3 Å². The molecule has 2 aliphatic heterocycles. The molecule has 0 saturated carbocycles. The summed E-state index contributed by atoms with van der Waals surface area (Å²) in [5.41, 5.74) is 2.13. The minimum atomic E-state index is -0.376. The van der Waals surface area contributed by atoms with Crippen LogP contribution in [0.4, 0.5) is 11.4 Å². The van der Waals surface area contributed by atoms with Gasteiger partial charge in [0.1, 0.15) is 10.9 Å². The molecule has 2 aromatic rings. The van der Waals surface area contributed by atoms with Crippen LogP contribution in [-0.2, 0) is 14.4 Å². The van der Waals surface area contributed by atoms with Crippen molar-refractivity contribution in [3.05, 3.63) is 64.0 Å². The van der Waals surface area contributed by atoms with Gasteiger partial charge in [-0.1, -0.05) is 80.0 Å². The van der Waals surface area contributed by atoms with E-state index in [-0.39, 0.29) is 24.3 Å². The van der Waals surface area contributed by atoms with Gasteiger partial charge in [0.15, 0.2) is 0 Å². The Bertz CT molecular complexity index is 1180. The lowest BCUT2D eigenvalue weighted by atomic mass is 10.1. The molecule has 0 spiro atoms. The van der Waals surface area contributed by atoms with Crippen molar-refractivity contribution >= 4 is 74.6 Å². The molecule has 0 atom stereocenters. The lowest BCUT2D eigenvalue weighted by molar-refractivity contribution is -0.122. The van der Waals surface area contributed by atoms with Crippen LogP contribution >= 0.6 is 35.6 Å². The van der Waals surface area contributed by atoms with Crippen LogP contribution in [0.3, 0.4) is 0 Å². The van der Waals surface area contributed by atoms with E-state index in [1.54, 1.807) is 47.4 Å². The average molecular weight is 514 g/mol. The van der Waals surface area contributed by atoms with Gasteiger partial charge in [0.2, 0.25) is 5.91 Å². The number of thiocarbonyl (C=S) groups is 1. The molecule has 176 valence electrons. The van der Waals surface area contributed by atoms with E-state index in [0.717, 1.165) is 37.4 Å². The highest BCUT2D eigenvalue weighted by Crippen LogP contribution is 2.44. The number of nitrogens with zero attached hydrogens (tertiary/aromatic N) is 2. The largest absolute Gasteiger partial charge is 0.325 e. The quantitative estimate of drug-likeness (QED) is 0.287. The van der Waals surface area contributed by atoms with Crippen LogP contribution < -0.4 is 10.2 Å². The van der Waals surface area contributed by atoms with Gasteiger partial charge in [-0.25, -0.2) is 0 Å². The molecule has 9 heteroatoms. The molecule has 4 rings (SSSR count). The SMILES string of the molecule is CCCCCCN1C(=O)C(=C2C(=O)N(CC(=O)Nc3ccc(Cl)cc3)c3ccccc32)SC1=S. The van der Waals surface area contributed by atoms with Crippen molar-refractivity contribution < 1.29 is 14.4 Å². The third-order valence-corrected chi connectivity index (χ3v) is 7.36. The zero-order chi connectivity index (χ0) is 24.2. The number of benzene rings is 2. The maximum absolute atomic E-state index is 13.5. The lowest BCUT2D eigenvalue weighted by Gasteiger charge is -2.17. The van der Waals surface area contributed by atoms with E-state index in [4.69, 9.17) is 23.8 Å². The van der Waals surface area contributed by atoms with E-state index in [1.807, 2.05) is 6.07 Å². The number of halogens is 1. The van der Waals surface area contributed by atoms with Crippen LogP contribution in [0.2, 0.25) is 5.02 Å². The second kappa shape index (κ2) is 10.7. The number of rotatable bonds is 8. The van der Waals surface area contributed by atoms with E-state index >= 15 is 0 Å². The third kappa shape index (κ3) is 5.04. The topological polar surface area (TPSA) is 69.7 Å². The molecule has 0 aliphatic carbocycles. The van der Waals surface area contributed by atoms with Gasteiger partial charge in [0.25, 0.3) is 11.8 Å². The summed E-state index contributed by atoms with van der Waals surface area (Å²) in [5.74, 6) is -0.966. The van der Waals surface area contributed by atoms with Crippen molar-refractivity contribution in [1.29, 1.82) is 0 Å². The Hall–Kier alpha value is -2.68. The number of carbonyl (C=O) groups is 3. The Kier molecular flexibility index (Phi) is 7.70. The zero-order valence-electron chi connectivity index (χ0n) is 18.7. The van der Waals surface area contributed by atoms with Gasteiger partial charge in [-0.05, 0) is 36.8 Å². The first-order valence-electron chi connectivity index (χ1n) is 11.1. The minimum absolute atomic E-state index is 0.181. The van der Waals surface area contributed by atoms with E-state index in [2.05, 4.69) is 12.2 Å². The first-order chi connectivity index (χ1) is 16.4. The summed E-state index contributed by atoms with van der Waals surface area (Å²) in [4.78, 5) is 42.7. The summed E-state index contributed by atoms with van der Waals surface area (Å²) >= 11 is 12.5. The summed E-state index contributed by atoms with van der Waals surface area (Å²) in [5, 5.41) is 3.34. The van der Waals surface area contributed by atoms with Crippen molar-refractivity contribution in [2.45, 2.75) is 32.6 Å². The van der Waals surface area contributed by atoms with Crippen LogP contribution in [0.15, 0.2) is 53.4 Å². The van der Waals surface area contributed by atoms with Crippen LogP contribution in [0.5, 0.6) is 0 Å². The first kappa shape index (κ1) is 24.4. The molecule has 3 amide bonds. The number of fused-ring (bicyclic) bond motifs is 1. The minimum Gasteiger partial charge on any atom is -0.325 e. The van der Waals surface area contributed by atoms with Gasteiger partial charge in [0.05, 0.1) is 16.2 Å². The number of para-hydroxylation sites is 1. The number of nitrogens with one attached hydrogen (secondary N) is 1. The van der Waals surface area contributed by atoms with E-state index < -0.39 is 0 Å². The number of hydrogen-bond acceptors (Lipinski definition) is 5. The number of amides is 3. The maximum atomic E-state index is 13.5. The Morgan fingerprint density at radius 1 is 1.00 bits per heavy atom. The Morgan fingerprint density at radius 2 is 1.74 bits per heavy atom. The van der Waals surface area contributed by atoms with E-state index in [1.165, 1.54) is 4.90 Å². The van der Waals surface area contributed by atoms with Crippen LogP contribution in [0.1, 0.15) is 38.2 Å². The summed E-state index contributed by atoms with van der Waals surface area (Å²) in [6.07, 6.45) is 4.10. The van der Waals surface area contributed by atoms with Crippen molar-refractivity contribution in [1.82, 2.24) is 4.90 Å². The predicted octanol–water partition coefficient (Wildman–Crippen LogP) is 5.48. The number of unbranched alkanes of at least 4 members (excludes halogenated alkanes) is 3. The second-order valence-electron chi connectivity index (χ2n) is 8.05. The predicted molar refractivity (Wildman–Crippen MR) is 142 cm³/mol. The summed E-state index contributed by atoms with van der Waals surface area (Å²) < 4.78 is 0.466. The first-order valence-corrected chi connectivity index (χ1v) is 12.8. The normalized spacial score (nSPS) is 17.5. The number of hydrogen-bond donors (Lipinski definition) is 1. The highest BCUT2D eigenvalue weighted by Gasteiger charge is 2.42. The highest BCUT2D eigenvalue weighted by molar-refractivity contribution is 8.26. The van der Waals surface area contributed by atoms with Crippen LogP contribution in [-0.4, -0.2) is 40.0 Å². The fourth-order valence-electron chi connectivity index (χ4n) is 3.97. The van der Waals surface area contributed by atoms with Crippen molar-refractivity contribution in [2.24, 2.45) is 0 Å². The fourth-order valence-corrected chi connectivity index (χ4v) is 5.48. The van der Waals surface area contributed by atoms with Gasteiger partial charge >= 0.3 is 0 Å². The molecule has 0 bridgehead atoms. The van der Waals surface area contributed by atoms with Gasteiger partial charge < -0.3 is 5.32 Å². The molecule has 2 aromatic carbocycles. The zero-order valence-corrected chi connectivity index (χ0v) is 21.1. The van der Waals surface area contributed by atoms with Crippen molar-refractivity contribution in [3.8, 4) is 0 Å². The molecule has 2 heterocycles. The molecule has 0 radical (unpaired) electrons. The lowest BCUT2D eigenvalue weighted by Crippen LogP contribution is -2.35. The molecule has 1 fully saturated rings. The van der Waals surface area contributed by atoms with Crippen LogP contribution in [0, 0.1) is 0 Å². The summed E-state index contributed by atoms with van der Waals surface area (Å²) in [7, 11) is 0. The highest BCUT2D eigenvalue weighted by atomic mass is 35.5. The molecule has 0 aromatic heterocycles. The summed E-state index contributed by atoms with van der Waals surface area (Å²) in [6.45, 7) is 2.50. The van der Waals surface area contributed by atoms with Gasteiger partial charge in [0, 0.05) is 22.8 Å². The molecular formula is C25H24ClN3O3S2. The molecule has 1 N–H and O–H groups in total. The maximum Gasteiger partial charge on any atom is 0.267 e. The Balaban J connectivity index is 1.57. The van der Waals surface area contributed by atoms with Gasteiger partial charge in [-0.3, -0.25) is 24.2 Å². The van der Waals surface area contributed by atoms with E-state index in [9.17, 15) is 14.4 Å². The second-order valence-corrected chi connectivity index (χ2v) is 10.1. The molecule has 34 heavy (non-hydrogen) atoms. The fraction of sp³-hybridized carbons (Fsp3) is 0.280. The monoisotopic (exact) mass is 513 g/mol. The Morgan fingerprint density at radius 3 is 2.47 bits per heavy atom. The number of carbonyl (C=O) groups excluding carboxylic acids is 3. The number of thioether (sulfide) groups is 1. The molecule has 6 nitrogen and oxygen atoms in total.